The van der Waals surface area contributed by atoms with Crippen LogP contribution in [-0.2, 0) is 11.3 Å². The zero-order chi connectivity index (χ0) is 20.5. The average Bonchev–Trinajstić information content (AvgIpc) is 3.26. The number of amides is 1. The number of nitrogens with zero attached hydrogens (tertiary/aromatic N) is 3. The lowest BCUT2D eigenvalue weighted by molar-refractivity contribution is -0.222. The van der Waals surface area contributed by atoms with E-state index in [2.05, 4.69) is 34.9 Å². The van der Waals surface area contributed by atoms with Gasteiger partial charge >= 0.3 is 0 Å². The Kier molecular flexibility index (Phi) is 3.72. The third kappa shape index (κ3) is 2.57. The number of benzene rings is 2. The molecule has 2 bridgehead atoms. The number of aromatic nitrogens is 2. The van der Waals surface area contributed by atoms with E-state index in [-0.39, 0.29) is 28.6 Å². The molecule has 3 aliphatic carbocycles. The topological polar surface area (TPSA) is 38.1 Å². The molecule has 2 atom stereocenters. The molecule has 2 unspecified atom stereocenters. The third-order valence-corrected chi connectivity index (χ3v) is 7.63. The zero-order valence-electron chi connectivity index (χ0n) is 17.2. The lowest BCUT2D eigenvalue weighted by Gasteiger charge is -2.70. The van der Waals surface area contributed by atoms with Gasteiger partial charge in [-0.15, -0.1) is 0 Å². The molecule has 2 aromatic carbocycles. The Bertz CT molecular complexity index is 1130. The van der Waals surface area contributed by atoms with E-state index in [0.29, 0.717) is 5.92 Å². The monoisotopic (exact) mass is 403 g/mol. The van der Waals surface area contributed by atoms with E-state index in [1.165, 1.54) is 17.0 Å². The molecule has 3 saturated carbocycles. The maximum absolute atomic E-state index is 13.8. The van der Waals surface area contributed by atoms with E-state index in [4.69, 9.17) is 0 Å². The molecule has 3 aromatic rings. The van der Waals surface area contributed by atoms with Crippen molar-refractivity contribution in [2.24, 2.45) is 16.7 Å². The molecule has 1 saturated heterocycles. The Morgan fingerprint density at radius 2 is 1.97 bits per heavy atom. The molecule has 0 radical (unpaired) electrons. The van der Waals surface area contributed by atoms with Crippen molar-refractivity contribution in [3.05, 3.63) is 66.1 Å². The van der Waals surface area contributed by atoms with E-state index in [1.54, 1.807) is 12.1 Å². The number of hydrogen-bond donors (Lipinski definition) is 0. The van der Waals surface area contributed by atoms with Crippen molar-refractivity contribution in [2.75, 3.05) is 6.54 Å². The zero-order valence-corrected chi connectivity index (χ0v) is 17.2. The highest BCUT2D eigenvalue weighted by atomic mass is 19.1. The fourth-order valence-electron chi connectivity index (χ4n) is 6.47. The second kappa shape index (κ2) is 6.16. The van der Waals surface area contributed by atoms with Gasteiger partial charge in [0.25, 0.3) is 0 Å². The number of para-hydroxylation sites is 1. The summed E-state index contributed by atoms with van der Waals surface area (Å²) in [5.74, 6) is 0.502. The van der Waals surface area contributed by atoms with Crippen LogP contribution in [0.1, 0.15) is 44.2 Å². The second-order valence-electron chi connectivity index (χ2n) is 10.0. The molecular formula is C25H26FN3O. The van der Waals surface area contributed by atoms with Gasteiger partial charge in [0, 0.05) is 18.5 Å². The molecule has 154 valence electrons. The van der Waals surface area contributed by atoms with Crippen LogP contribution < -0.4 is 0 Å². The summed E-state index contributed by atoms with van der Waals surface area (Å²) in [6.07, 6.45) is 5.70. The number of fused-ring (bicyclic) bond motifs is 1. The molecule has 4 aliphatic rings. The Balaban J connectivity index is 1.19. The minimum Gasteiger partial charge on any atom is -0.335 e. The fraction of sp³-hybridized carbons (Fsp3) is 0.440. The van der Waals surface area contributed by atoms with Crippen molar-refractivity contribution in [3.8, 4) is 0 Å². The summed E-state index contributed by atoms with van der Waals surface area (Å²) in [6.45, 7) is 3.85. The highest BCUT2D eigenvalue weighted by molar-refractivity contribution is 5.87. The lowest BCUT2D eigenvalue weighted by atomic mass is 9.34. The quantitative estimate of drug-likeness (QED) is 0.618. The van der Waals surface area contributed by atoms with E-state index >= 15 is 0 Å². The van der Waals surface area contributed by atoms with Crippen LogP contribution in [-0.4, -0.2) is 27.1 Å². The minimum atomic E-state index is -0.227. The van der Waals surface area contributed by atoms with Gasteiger partial charge in [0.1, 0.15) is 5.82 Å². The van der Waals surface area contributed by atoms with Crippen LogP contribution >= 0.6 is 0 Å². The van der Waals surface area contributed by atoms with Gasteiger partial charge in [-0.05, 0) is 60.8 Å². The molecular weight excluding hydrogens is 377 g/mol. The number of hydrogen-bond acceptors (Lipinski definition) is 2. The molecule has 1 aliphatic heterocycles. The van der Waals surface area contributed by atoms with Gasteiger partial charge in [0.05, 0.1) is 23.2 Å². The predicted octanol–water partition coefficient (Wildman–Crippen LogP) is 4.96. The molecule has 4 nitrogen and oxygen atoms in total. The fourth-order valence-corrected chi connectivity index (χ4v) is 6.47. The highest BCUT2D eigenvalue weighted by Gasteiger charge is 2.72. The van der Waals surface area contributed by atoms with Gasteiger partial charge in [-0.3, -0.25) is 9.48 Å². The number of rotatable bonds is 4. The van der Waals surface area contributed by atoms with Crippen LogP contribution in [0.15, 0.2) is 54.7 Å². The van der Waals surface area contributed by atoms with E-state index < -0.39 is 0 Å². The first-order valence-electron chi connectivity index (χ1n) is 10.9. The summed E-state index contributed by atoms with van der Waals surface area (Å²) in [5.41, 5.74) is 2.11. The summed E-state index contributed by atoms with van der Waals surface area (Å²) >= 11 is 0. The SMILES string of the molecule is CC1CC(c2cccc(F)c2)N(C(=O)C23CC(Cn4ncc5ccccc54)(C2)C3)C1. The smallest absolute Gasteiger partial charge is 0.229 e. The van der Waals surface area contributed by atoms with Crippen LogP contribution in [0, 0.1) is 22.6 Å². The van der Waals surface area contributed by atoms with Crippen LogP contribution in [0.2, 0.25) is 0 Å². The summed E-state index contributed by atoms with van der Waals surface area (Å²) in [7, 11) is 0. The molecule has 5 heteroatoms. The molecule has 0 N–H and O–H groups in total. The second-order valence-corrected chi connectivity index (χ2v) is 10.0. The van der Waals surface area contributed by atoms with Crippen molar-refractivity contribution in [1.29, 1.82) is 0 Å². The summed E-state index contributed by atoms with van der Waals surface area (Å²) in [5, 5.41) is 5.75. The number of likely N-dealkylation sites (tertiary alicyclic amines) is 1. The van der Waals surface area contributed by atoms with Gasteiger partial charge in [-0.1, -0.05) is 37.3 Å². The van der Waals surface area contributed by atoms with E-state index in [1.807, 2.05) is 23.2 Å². The van der Waals surface area contributed by atoms with Crippen molar-refractivity contribution in [1.82, 2.24) is 14.7 Å². The van der Waals surface area contributed by atoms with Gasteiger partial charge in [-0.2, -0.15) is 5.10 Å². The third-order valence-electron chi connectivity index (χ3n) is 7.63. The molecule has 4 fully saturated rings. The molecule has 1 amide bonds. The Hall–Kier alpha value is -2.69. The maximum atomic E-state index is 13.8. The summed E-state index contributed by atoms with van der Waals surface area (Å²) in [6, 6.07) is 15.1. The first kappa shape index (κ1) is 18.1. The van der Waals surface area contributed by atoms with E-state index in [9.17, 15) is 9.18 Å². The van der Waals surface area contributed by atoms with Crippen molar-refractivity contribution in [3.63, 3.8) is 0 Å². The minimum absolute atomic E-state index is 0.00299. The Morgan fingerprint density at radius 3 is 2.77 bits per heavy atom. The molecule has 7 rings (SSSR count). The maximum Gasteiger partial charge on any atom is 0.229 e. The molecule has 1 aromatic heterocycles. The lowest BCUT2D eigenvalue weighted by Crippen LogP contribution is -2.69. The number of carbonyl (C=O) groups is 1. The van der Waals surface area contributed by atoms with Crippen LogP contribution in [0.4, 0.5) is 4.39 Å². The van der Waals surface area contributed by atoms with Gasteiger partial charge in [0.2, 0.25) is 5.91 Å². The normalized spacial score (nSPS) is 32.1. The Labute approximate surface area is 175 Å². The Morgan fingerprint density at radius 1 is 1.17 bits per heavy atom. The largest absolute Gasteiger partial charge is 0.335 e. The van der Waals surface area contributed by atoms with Gasteiger partial charge in [0.15, 0.2) is 0 Å². The highest BCUT2D eigenvalue weighted by Crippen LogP contribution is 2.74. The summed E-state index contributed by atoms with van der Waals surface area (Å²) in [4.78, 5) is 15.6. The molecule has 2 heterocycles. The standard InChI is InChI=1S/C25H26FN3O/c1-17-9-22(18-6-4-7-20(26)10-18)28(12-17)23(30)25-13-24(14-25,15-25)16-29-21-8-3-2-5-19(21)11-27-29/h2-8,10-11,17,22H,9,12-16H2,1H3. The number of halogens is 1. The predicted molar refractivity (Wildman–Crippen MR) is 113 cm³/mol. The first-order chi connectivity index (χ1) is 14.5. The van der Waals surface area contributed by atoms with Crippen LogP contribution in [0.5, 0.6) is 0 Å². The molecule has 0 spiro atoms. The van der Waals surface area contributed by atoms with Gasteiger partial charge in [-0.25, -0.2) is 4.39 Å². The van der Waals surface area contributed by atoms with Crippen molar-refractivity contribution < 1.29 is 9.18 Å². The van der Waals surface area contributed by atoms with Crippen LogP contribution in [0.3, 0.4) is 0 Å². The first-order valence-corrected chi connectivity index (χ1v) is 10.9. The summed E-state index contributed by atoms with van der Waals surface area (Å²) < 4.78 is 15.9. The van der Waals surface area contributed by atoms with Crippen molar-refractivity contribution >= 4 is 16.8 Å². The molecule has 30 heavy (non-hydrogen) atoms. The number of carbonyl (C=O) groups excluding carboxylic acids is 1. The average molecular weight is 404 g/mol. The van der Waals surface area contributed by atoms with Gasteiger partial charge < -0.3 is 4.90 Å². The van der Waals surface area contributed by atoms with E-state index in [0.717, 1.165) is 44.3 Å². The van der Waals surface area contributed by atoms with Crippen molar-refractivity contribution in [2.45, 2.75) is 45.2 Å². The van der Waals surface area contributed by atoms with Crippen LogP contribution in [0.25, 0.3) is 10.9 Å².